The number of alkyl carbamates (subject to hydrolysis) is 1. The summed E-state index contributed by atoms with van der Waals surface area (Å²) in [5.41, 5.74) is 6.91. The maximum absolute atomic E-state index is 11.2. The second-order valence-electron chi connectivity index (χ2n) is 3.62. The van der Waals surface area contributed by atoms with Crippen molar-refractivity contribution < 1.29 is 9.53 Å². The van der Waals surface area contributed by atoms with Gasteiger partial charge in [0.2, 0.25) is 0 Å². The molecule has 6 heteroatoms. The quantitative estimate of drug-likeness (QED) is 0.556. The number of anilines is 2. The lowest BCUT2D eigenvalue weighted by atomic mass is 10.3. The molecule has 0 spiro atoms. The maximum Gasteiger partial charge on any atom is 0.413 e. The SMILES string of the molecule is CC(C)OC(=O)NC(=S)Nc1ccccc1N. The molecule has 0 aliphatic carbocycles. The second-order valence-corrected chi connectivity index (χ2v) is 4.03. The van der Waals surface area contributed by atoms with Crippen LogP contribution in [0.5, 0.6) is 0 Å². The minimum atomic E-state index is -0.591. The molecule has 4 N–H and O–H groups in total. The summed E-state index contributed by atoms with van der Waals surface area (Å²) in [7, 11) is 0. The number of benzene rings is 1. The van der Waals surface area contributed by atoms with Crippen LogP contribution in [0.3, 0.4) is 0 Å². The van der Waals surface area contributed by atoms with E-state index < -0.39 is 6.09 Å². The number of para-hydroxylation sites is 2. The van der Waals surface area contributed by atoms with Crippen LogP contribution >= 0.6 is 12.2 Å². The summed E-state index contributed by atoms with van der Waals surface area (Å²) < 4.78 is 4.88. The van der Waals surface area contributed by atoms with Crippen LogP contribution in [-0.2, 0) is 4.74 Å². The van der Waals surface area contributed by atoms with E-state index in [1.807, 2.05) is 12.1 Å². The smallest absolute Gasteiger partial charge is 0.413 e. The molecule has 0 radical (unpaired) electrons. The topological polar surface area (TPSA) is 76.4 Å². The summed E-state index contributed by atoms with van der Waals surface area (Å²) >= 11 is 4.95. The Hall–Kier alpha value is -1.82. The molecule has 0 fully saturated rings. The highest BCUT2D eigenvalue weighted by Crippen LogP contribution is 2.16. The van der Waals surface area contributed by atoms with E-state index in [0.717, 1.165) is 0 Å². The van der Waals surface area contributed by atoms with Gasteiger partial charge in [0.05, 0.1) is 17.5 Å². The summed E-state index contributed by atoms with van der Waals surface area (Å²) in [6.07, 6.45) is -0.786. The zero-order valence-corrected chi connectivity index (χ0v) is 10.5. The van der Waals surface area contributed by atoms with Crippen molar-refractivity contribution in [1.29, 1.82) is 0 Å². The fourth-order valence-corrected chi connectivity index (χ4v) is 1.29. The molecule has 1 rings (SSSR count). The maximum atomic E-state index is 11.2. The highest BCUT2D eigenvalue weighted by atomic mass is 32.1. The Labute approximate surface area is 105 Å². The molecule has 0 atom stereocenters. The van der Waals surface area contributed by atoms with Crippen LogP contribution in [0.4, 0.5) is 16.2 Å². The number of amides is 1. The van der Waals surface area contributed by atoms with Crippen LogP contribution in [0, 0.1) is 0 Å². The van der Waals surface area contributed by atoms with Gasteiger partial charge < -0.3 is 15.8 Å². The standard InChI is InChI=1S/C11H15N3O2S/c1-7(2)16-11(15)14-10(17)13-9-6-4-3-5-8(9)12/h3-7H,12H2,1-2H3,(H2,13,14,15,17). The zero-order chi connectivity index (χ0) is 12.8. The minimum Gasteiger partial charge on any atom is -0.447 e. The number of nitrogen functional groups attached to an aromatic ring is 1. The van der Waals surface area contributed by atoms with Gasteiger partial charge >= 0.3 is 6.09 Å². The molecular weight excluding hydrogens is 238 g/mol. The van der Waals surface area contributed by atoms with Crippen LogP contribution in [0.15, 0.2) is 24.3 Å². The summed E-state index contributed by atoms with van der Waals surface area (Å²) in [6, 6.07) is 7.12. The number of hydrogen-bond donors (Lipinski definition) is 3. The van der Waals surface area contributed by atoms with Crippen molar-refractivity contribution >= 4 is 34.8 Å². The van der Waals surface area contributed by atoms with Gasteiger partial charge in [-0.1, -0.05) is 12.1 Å². The van der Waals surface area contributed by atoms with Gasteiger partial charge in [-0.05, 0) is 38.2 Å². The second kappa shape index (κ2) is 6.05. The number of nitrogens with one attached hydrogen (secondary N) is 2. The summed E-state index contributed by atoms with van der Waals surface area (Å²) in [4.78, 5) is 11.2. The normalized spacial score (nSPS) is 9.82. The third-order valence-electron chi connectivity index (χ3n) is 1.77. The molecule has 0 heterocycles. The van der Waals surface area contributed by atoms with Crippen LogP contribution in [0.1, 0.15) is 13.8 Å². The Morgan fingerprint density at radius 3 is 2.65 bits per heavy atom. The highest BCUT2D eigenvalue weighted by molar-refractivity contribution is 7.80. The first-order chi connectivity index (χ1) is 7.99. The zero-order valence-electron chi connectivity index (χ0n) is 9.69. The number of thiocarbonyl (C=S) groups is 1. The van der Waals surface area contributed by atoms with Crippen molar-refractivity contribution in [1.82, 2.24) is 5.32 Å². The van der Waals surface area contributed by atoms with Crippen molar-refractivity contribution in [2.24, 2.45) is 0 Å². The van der Waals surface area contributed by atoms with E-state index in [0.29, 0.717) is 11.4 Å². The molecule has 0 bridgehead atoms. The molecule has 5 nitrogen and oxygen atoms in total. The van der Waals surface area contributed by atoms with E-state index >= 15 is 0 Å². The molecule has 0 saturated carbocycles. The number of rotatable bonds is 2. The highest BCUT2D eigenvalue weighted by Gasteiger charge is 2.08. The van der Waals surface area contributed by atoms with E-state index in [1.165, 1.54) is 0 Å². The lowest BCUT2D eigenvalue weighted by molar-refractivity contribution is 0.120. The predicted octanol–water partition coefficient (Wildman–Crippen LogP) is 2.10. The molecule has 0 saturated heterocycles. The third-order valence-corrected chi connectivity index (χ3v) is 1.97. The fraction of sp³-hybridized carbons (Fsp3) is 0.273. The number of carbonyl (C=O) groups is 1. The Morgan fingerprint density at radius 2 is 2.06 bits per heavy atom. The molecule has 0 aliphatic rings. The summed E-state index contributed by atoms with van der Waals surface area (Å²) in [6.45, 7) is 3.51. The van der Waals surface area contributed by atoms with Gasteiger partial charge in [-0.2, -0.15) is 0 Å². The van der Waals surface area contributed by atoms with Crippen LogP contribution in [-0.4, -0.2) is 17.3 Å². The Balaban J connectivity index is 2.51. The molecular formula is C11H15N3O2S. The van der Waals surface area contributed by atoms with Crippen molar-refractivity contribution in [2.45, 2.75) is 20.0 Å². The molecule has 1 aromatic rings. The molecule has 92 valence electrons. The number of hydrogen-bond acceptors (Lipinski definition) is 4. The van der Waals surface area contributed by atoms with Gasteiger partial charge in [0.25, 0.3) is 0 Å². The predicted molar refractivity (Wildman–Crippen MR) is 71.8 cm³/mol. The first-order valence-corrected chi connectivity index (χ1v) is 5.53. The van der Waals surface area contributed by atoms with Gasteiger partial charge in [-0.25, -0.2) is 4.79 Å². The number of ether oxygens (including phenoxy) is 1. The molecule has 1 aromatic carbocycles. The average molecular weight is 253 g/mol. The van der Waals surface area contributed by atoms with Gasteiger partial charge in [0, 0.05) is 0 Å². The van der Waals surface area contributed by atoms with Gasteiger partial charge in [-0.15, -0.1) is 0 Å². The monoisotopic (exact) mass is 253 g/mol. The Kier molecular flexibility index (Phi) is 4.71. The van der Waals surface area contributed by atoms with E-state index in [9.17, 15) is 4.79 Å². The Morgan fingerprint density at radius 1 is 1.41 bits per heavy atom. The third kappa shape index (κ3) is 4.69. The van der Waals surface area contributed by atoms with Crippen LogP contribution in [0.2, 0.25) is 0 Å². The minimum absolute atomic E-state index is 0.147. The summed E-state index contributed by atoms with van der Waals surface area (Å²) in [5.74, 6) is 0. The summed E-state index contributed by atoms with van der Waals surface area (Å²) in [5, 5.41) is 5.35. The lowest BCUT2D eigenvalue weighted by Crippen LogP contribution is -2.35. The van der Waals surface area contributed by atoms with Crippen molar-refractivity contribution in [2.75, 3.05) is 11.1 Å². The van der Waals surface area contributed by atoms with Crippen molar-refractivity contribution in [3.05, 3.63) is 24.3 Å². The first kappa shape index (κ1) is 13.2. The lowest BCUT2D eigenvalue weighted by Gasteiger charge is -2.12. The first-order valence-electron chi connectivity index (χ1n) is 5.12. The van der Waals surface area contributed by atoms with E-state index in [4.69, 9.17) is 22.7 Å². The molecule has 17 heavy (non-hydrogen) atoms. The number of carbonyl (C=O) groups excluding carboxylic acids is 1. The average Bonchev–Trinajstić information content (AvgIpc) is 2.19. The van der Waals surface area contributed by atoms with E-state index in [-0.39, 0.29) is 11.2 Å². The van der Waals surface area contributed by atoms with Gasteiger partial charge in [0.1, 0.15) is 0 Å². The fourth-order valence-electron chi connectivity index (χ4n) is 1.10. The Bertz CT molecular complexity index is 421. The molecule has 1 amide bonds. The number of nitrogens with two attached hydrogens (primary N) is 1. The molecule has 0 aliphatic heterocycles. The van der Waals surface area contributed by atoms with Crippen LogP contribution in [0.25, 0.3) is 0 Å². The van der Waals surface area contributed by atoms with Gasteiger partial charge in [-0.3, -0.25) is 5.32 Å². The van der Waals surface area contributed by atoms with Crippen molar-refractivity contribution in [3.8, 4) is 0 Å². The van der Waals surface area contributed by atoms with Crippen LogP contribution < -0.4 is 16.4 Å². The van der Waals surface area contributed by atoms with E-state index in [2.05, 4.69) is 10.6 Å². The largest absolute Gasteiger partial charge is 0.447 e. The molecule has 0 aromatic heterocycles. The molecule has 0 unspecified atom stereocenters. The van der Waals surface area contributed by atoms with Gasteiger partial charge in [0.15, 0.2) is 5.11 Å². The van der Waals surface area contributed by atoms with Crippen molar-refractivity contribution in [3.63, 3.8) is 0 Å². The van der Waals surface area contributed by atoms with E-state index in [1.54, 1.807) is 26.0 Å².